The predicted octanol–water partition coefficient (Wildman–Crippen LogP) is 3.09. The Morgan fingerprint density at radius 3 is 2.30 bits per heavy atom. The van der Waals surface area contributed by atoms with Gasteiger partial charge in [0.15, 0.2) is 6.61 Å². The van der Waals surface area contributed by atoms with Crippen molar-refractivity contribution < 1.29 is 14.3 Å². The van der Waals surface area contributed by atoms with Crippen molar-refractivity contribution >= 4 is 40.2 Å². The smallest absolute Gasteiger partial charge is 0.338 e. The van der Waals surface area contributed by atoms with Gasteiger partial charge in [-0.1, -0.05) is 18.2 Å². The highest BCUT2D eigenvalue weighted by molar-refractivity contribution is 14.1. The summed E-state index contributed by atoms with van der Waals surface area (Å²) < 4.78 is 5.98. The third-order valence-electron chi connectivity index (χ3n) is 2.47. The molecule has 5 heteroatoms. The Morgan fingerprint density at radius 2 is 1.65 bits per heavy atom. The van der Waals surface area contributed by atoms with E-state index in [0.29, 0.717) is 11.3 Å². The first-order chi connectivity index (χ1) is 9.65. The summed E-state index contributed by atoms with van der Waals surface area (Å²) in [6, 6.07) is 15.9. The van der Waals surface area contributed by atoms with E-state index in [4.69, 9.17) is 4.74 Å². The van der Waals surface area contributed by atoms with E-state index in [-0.39, 0.29) is 12.5 Å². The molecule has 1 amide bonds. The van der Waals surface area contributed by atoms with Crippen molar-refractivity contribution in [3.05, 3.63) is 63.7 Å². The molecule has 0 radical (unpaired) electrons. The maximum Gasteiger partial charge on any atom is 0.338 e. The SMILES string of the molecule is O=C(COC(=O)c1ccc(I)cc1)Nc1ccccc1. The van der Waals surface area contributed by atoms with Gasteiger partial charge in [-0.15, -0.1) is 0 Å². The minimum Gasteiger partial charge on any atom is -0.452 e. The molecule has 2 aromatic carbocycles. The lowest BCUT2D eigenvalue weighted by Gasteiger charge is -2.06. The van der Waals surface area contributed by atoms with E-state index < -0.39 is 5.97 Å². The lowest BCUT2D eigenvalue weighted by atomic mass is 10.2. The van der Waals surface area contributed by atoms with Gasteiger partial charge in [-0.3, -0.25) is 4.79 Å². The van der Waals surface area contributed by atoms with Gasteiger partial charge >= 0.3 is 5.97 Å². The van der Waals surface area contributed by atoms with E-state index in [1.165, 1.54) is 0 Å². The number of esters is 1. The summed E-state index contributed by atoms with van der Waals surface area (Å²) in [4.78, 5) is 23.3. The lowest BCUT2D eigenvalue weighted by molar-refractivity contribution is -0.119. The second kappa shape index (κ2) is 7.04. The highest BCUT2D eigenvalue weighted by Gasteiger charge is 2.10. The molecule has 2 rings (SSSR count). The summed E-state index contributed by atoms with van der Waals surface area (Å²) in [6.07, 6.45) is 0. The van der Waals surface area contributed by atoms with Gasteiger partial charge in [0.2, 0.25) is 0 Å². The first-order valence-corrected chi connectivity index (χ1v) is 7.00. The van der Waals surface area contributed by atoms with Gasteiger partial charge in [-0.2, -0.15) is 0 Å². The molecule has 0 saturated heterocycles. The minimum absolute atomic E-state index is 0.306. The van der Waals surface area contributed by atoms with Crippen molar-refractivity contribution in [2.45, 2.75) is 0 Å². The monoisotopic (exact) mass is 381 g/mol. The molecular formula is C15H12INO3. The van der Waals surface area contributed by atoms with E-state index in [2.05, 4.69) is 27.9 Å². The standard InChI is InChI=1S/C15H12INO3/c16-12-8-6-11(7-9-12)15(19)20-10-14(18)17-13-4-2-1-3-5-13/h1-9H,10H2,(H,17,18). The summed E-state index contributed by atoms with van der Waals surface area (Å²) in [5, 5.41) is 2.64. The van der Waals surface area contributed by atoms with E-state index in [1.807, 2.05) is 18.2 Å². The number of amides is 1. The molecule has 0 heterocycles. The maximum absolute atomic E-state index is 11.7. The molecular weight excluding hydrogens is 369 g/mol. The first-order valence-electron chi connectivity index (χ1n) is 5.93. The van der Waals surface area contributed by atoms with Crippen molar-refractivity contribution in [1.82, 2.24) is 0 Å². The van der Waals surface area contributed by atoms with Gasteiger partial charge in [0.25, 0.3) is 5.91 Å². The summed E-state index contributed by atoms with van der Waals surface area (Å²) in [5.41, 5.74) is 1.10. The van der Waals surface area contributed by atoms with Gasteiger partial charge in [-0.05, 0) is 59.0 Å². The molecule has 0 aromatic heterocycles. The normalized spacial score (nSPS) is 9.85. The largest absolute Gasteiger partial charge is 0.452 e. The van der Waals surface area contributed by atoms with Gasteiger partial charge in [-0.25, -0.2) is 4.79 Å². The van der Waals surface area contributed by atoms with Crippen LogP contribution in [0.1, 0.15) is 10.4 Å². The van der Waals surface area contributed by atoms with Crippen LogP contribution in [-0.2, 0) is 9.53 Å². The molecule has 0 fully saturated rings. The Morgan fingerprint density at radius 1 is 1.00 bits per heavy atom. The molecule has 0 spiro atoms. The first kappa shape index (κ1) is 14.5. The molecule has 2 aromatic rings. The highest BCUT2D eigenvalue weighted by atomic mass is 127. The number of carbonyl (C=O) groups is 2. The number of hydrogen-bond acceptors (Lipinski definition) is 3. The number of carbonyl (C=O) groups excluding carboxylic acids is 2. The van der Waals surface area contributed by atoms with Gasteiger partial charge in [0, 0.05) is 9.26 Å². The van der Waals surface area contributed by atoms with Crippen molar-refractivity contribution in [3.8, 4) is 0 Å². The molecule has 0 aliphatic heterocycles. The van der Waals surface area contributed by atoms with Crippen LogP contribution in [0.2, 0.25) is 0 Å². The van der Waals surface area contributed by atoms with E-state index in [1.54, 1.807) is 36.4 Å². The fourth-order valence-electron chi connectivity index (χ4n) is 1.52. The Kier molecular flexibility index (Phi) is 5.11. The van der Waals surface area contributed by atoms with Gasteiger partial charge in [0.05, 0.1) is 5.56 Å². The molecule has 0 unspecified atom stereocenters. The zero-order valence-corrected chi connectivity index (χ0v) is 12.7. The molecule has 20 heavy (non-hydrogen) atoms. The lowest BCUT2D eigenvalue weighted by Crippen LogP contribution is -2.20. The number of ether oxygens (including phenoxy) is 1. The highest BCUT2D eigenvalue weighted by Crippen LogP contribution is 2.08. The maximum atomic E-state index is 11.7. The molecule has 0 atom stereocenters. The van der Waals surface area contributed by atoms with Crippen LogP contribution in [0.5, 0.6) is 0 Å². The second-order valence-electron chi connectivity index (χ2n) is 4.00. The molecule has 0 aliphatic rings. The van der Waals surface area contributed by atoms with E-state index >= 15 is 0 Å². The van der Waals surface area contributed by atoms with Crippen LogP contribution in [0.3, 0.4) is 0 Å². The van der Waals surface area contributed by atoms with Crippen molar-refractivity contribution in [1.29, 1.82) is 0 Å². The molecule has 0 saturated carbocycles. The van der Waals surface area contributed by atoms with Crippen LogP contribution in [-0.4, -0.2) is 18.5 Å². The molecule has 1 N–H and O–H groups in total. The van der Waals surface area contributed by atoms with Crippen molar-refractivity contribution in [3.63, 3.8) is 0 Å². The Hall–Kier alpha value is -1.89. The van der Waals surface area contributed by atoms with Gasteiger partial charge < -0.3 is 10.1 Å². The average molecular weight is 381 g/mol. The van der Waals surface area contributed by atoms with Crippen LogP contribution < -0.4 is 5.32 Å². The number of benzene rings is 2. The second-order valence-corrected chi connectivity index (χ2v) is 5.24. The Balaban J connectivity index is 1.84. The number of para-hydroxylation sites is 1. The number of hydrogen-bond donors (Lipinski definition) is 1. The minimum atomic E-state index is -0.510. The topological polar surface area (TPSA) is 55.4 Å². The van der Waals surface area contributed by atoms with Gasteiger partial charge in [0.1, 0.15) is 0 Å². The number of halogens is 1. The fourth-order valence-corrected chi connectivity index (χ4v) is 1.88. The molecule has 102 valence electrons. The quantitative estimate of drug-likeness (QED) is 0.654. The van der Waals surface area contributed by atoms with E-state index in [0.717, 1.165) is 3.57 Å². The summed E-state index contributed by atoms with van der Waals surface area (Å²) in [5.74, 6) is -0.875. The Labute approximate surface area is 130 Å². The average Bonchev–Trinajstić information content (AvgIpc) is 2.46. The Bertz CT molecular complexity index is 596. The third kappa shape index (κ3) is 4.34. The van der Waals surface area contributed by atoms with Crippen LogP contribution in [0.25, 0.3) is 0 Å². The number of nitrogens with one attached hydrogen (secondary N) is 1. The summed E-state index contributed by atoms with van der Waals surface area (Å²) in [6.45, 7) is -0.306. The zero-order chi connectivity index (χ0) is 14.4. The van der Waals surface area contributed by atoms with Crippen LogP contribution >= 0.6 is 22.6 Å². The fraction of sp³-hybridized carbons (Fsp3) is 0.0667. The van der Waals surface area contributed by atoms with Crippen LogP contribution in [0, 0.1) is 3.57 Å². The zero-order valence-electron chi connectivity index (χ0n) is 10.5. The molecule has 0 aliphatic carbocycles. The summed E-state index contributed by atoms with van der Waals surface area (Å²) >= 11 is 2.15. The number of anilines is 1. The van der Waals surface area contributed by atoms with Crippen LogP contribution in [0.15, 0.2) is 54.6 Å². The predicted molar refractivity (Wildman–Crippen MR) is 84.5 cm³/mol. The molecule has 0 bridgehead atoms. The van der Waals surface area contributed by atoms with Crippen molar-refractivity contribution in [2.75, 3.05) is 11.9 Å². The summed E-state index contributed by atoms with van der Waals surface area (Å²) in [7, 11) is 0. The van der Waals surface area contributed by atoms with E-state index in [9.17, 15) is 9.59 Å². The molecule has 4 nitrogen and oxygen atoms in total. The van der Waals surface area contributed by atoms with Crippen LogP contribution in [0.4, 0.5) is 5.69 Å². The number of rotatable bonds is 4. The third-order valence-corrected chi connectivity index (χ3v) is 3.19. The van der Waals surface area contributed by atoms with Crippen molar-refractivity contribution in [2.24, 2.45) is 0 Å².